The van der Waals surface area contributed by atoms with Gasteiger partial charge in [0.15, 0.2) is 12.3 Å². The Kier molecular flexibility index (Phi) is 7.03. The van der Waals surface area contributed by atoms with Crippen LogP contribution in [0.25, 0.3) is 0 Å². The van der Waals surface area contributed by atoms with Crippen LogP contribution in [0.3, 0.4) is 0 Å². The van der Waals surface area contributed by atoms with E-state index in [-0.39, 0.29) is 11.7 Å². The highest BCUT2D eigenvalue weighted by Gasteiger charge is 2.22. The van der Waals surface area contributed by atoms with E-state index in [0.29, 0.717) is 12.5 Å². The second-order valence-electron chi connectivity index (χ2n) is 9.02. The van der Waals surface area contributed by atoms with Crippen LogP contribution in [0.2, 0.25) is 0 Å². The third kappa shape index (κ3) is 5.73. The fourth-order valence-electron chi connectivity index (χ4n) is 4.87. The largest absolute Gasteiger partial charge is 0.360 e. The zero-order valence-electron chi connectivity index (χ0n) is 18.5. The number of ketones is 1. The first-order valence-corrected chi connectivity index (χ1v) is 11.7. The molecule has 1 saturated heterocycles. The lowest BCUT2D eigenvalue weighted by Gasteiger charge is -2.33. The maximum atomic E-state index is 12.5. The molecule has 1 amide bonds. The quantitative estimate of drug-likeness (QED) is 0.705. The number of hydrogen-bond donors (Lipinski definition) is 2. The number of amides is 1. The summed E-state index contributed by atoms with van der Waals surface area (Å²) in [5.74, 6) is 0.869. The number of carbonyl (C=O) groups excluding carboxylic acids is 2. The molecule has 0 atom stereocenters. The molecule has 0 radical (unpaired) electrons. The first-order chi connectivity index (χ1) is 15.1. The standard InChI is InChI=1S/C26H33N3O2/c1-20(30)21-9-13-25(14-10-21)29-17-15-28(16-18-29)19-26(31)27-24-11-7-23(8-12-24)22-5-3-2-4-6-22/h7-14,22H,2-6,15-19H2,1H3,(H,27,31)/p+1. The number of Topliss-reactive ketones (excluding diaryl/α,β-unsaturated/α-hetero) is 1. The van der Waals surface area contributed by atoms with Crippen LogP contribution >= 0.6 is 0 Å². The molecule has 1 saturated carbocycles. The fourth-order valence-corrected chi connectivity index (χ4v) is 4.87. The van der Waals surface area contributed by atoms with Crippen LogP contribution in [0.1, 0.15) is 60.9 Å². The summed E-state index contributed by atoms with van der Waals surface area (Å²) in [6.45, 7) is 5.79. The molecular formula is C26H34N3O2+. The smallest absolute Gasteiger partial charge is 0.279 e. The van der Waals surface area contributed by atoms with E-state index in [1.54, 1.807) is 6.92 Å². The van der Waals surface area contributed by atoms with Gasteiger partial charge in [0, 0.05) is 16.9 Å². The molecular weight excluding hydrogens is 386 g/mol. The Hall–Kier alpha value is -2.66. The monoisotopic (exact) mass is 420 g/mol. The molecule has 2 aromatic carbocycles. The van der Waals surface area contributed by atoms with Gasteiger partial charge in [0.2, 0.25) is 0 Å². The van der Waals surface area contributed by atoms with Crippen LogP contribution in [-0.2, 0) is 4.79 Å². The van der Waals surface area contributed by atoms with E-state index in [0.717, 1.165) is 43.1 Å². The third-order valence-electron chi connectivity index (χ3n) is 6.79. The summed E-state index contributed by atoms with van der Waals surface area (Å²) in [6.07, 6.45) is 6.63. The summed E-state index contributed by atoms with van der Waals surface area (Å²) in [5.41, 5.74) is 4.20. The maximum absolute atomic E-state index is 12.5. The molecule has 164 valence electrons. The van der Waals surface area contributed by atoms with Gasteiger partial charge in [-0.1, -0.05) is 31.4 Å². The summed E-state index contributed by atoms with van der Waals surface area (Å²) in [4.78, 5) is 27.6. The summed E-state index contributed by atoms with van der Waals surface area (Å²) in [5, 5.41) is 3.07. The van der Waals surface area contributed by atoms with E-state index in [4.69, 9.17) is 0 Å². The number of nitrogens with zero attached hydrogens (tertiary/aromatic N) is 1. The zero-order chi connectivity index (χ0) is 21.6. The van der Waals surface area contributed by atoms with Crippen molar-refractivity contribution in [1.29, 1.82) is 0 Å². The van der Waals surface area contributed by atoms with Crippen molar-refractivity contribution in [2.45, 2.75) is 44.9 Å². The number of rotatable bonds is 6. The Morgan fingerprint density at radius 3 is 2.19 bits per heavy atom. The predicted molar refractivity (Wildman–Crippen MR) is 125 cm³/mol. The van der Waals surface area contributed by atoms with E-state index >= 15 is 0 Å². The number of nitrogens with one attached hydrogen (secondary N) is 2. The molecule has 4 rings (SSSR count). The minimum atomic E-state index is 0.0830. The zero-order valence-corrected chi connectivity index (χ0v) is 18.5. The number of hydrogen-bond acceptors (Lipinski definition) is 3. The van der Waals surface area contributed by atoms with Gasteiger partial charge in [-0.15, -0.1) is 0 Å². The molecule has 31 heavy (non-hydrogen) atoms. The molecule has 2 aliphatic rings. The fraction of sp³-hybridized carbons (Fsp3) is 0.462. The van der Waals surface area contributed by atoms with Crippen molar-refractivity contribution in [2.75, 3.05) is 42.9 Å². The lowest BCUT2D eigenvalue weighted by atomic mass is 9.84. The molecule has 1 aliphatic carbocycles. The van der Waals surface area contributed by atoms with E-state index in [1.807, 2.05) is 24.3 Å². The van der Waals surface area contributed by atoms with Crippen molar-refractivity contribution in [3.8, 4) is 0 Å². The maximum Gasteiger partial charge on any atom is 0.279 e. The Morgan fingerprint density at radius 1 is 0.935 bits per heavy atom. The third-order valence-corrected chi connectivity index (χ3v) is 6.79. The van der Waals surface area contributed by atoms with Gasteiger partial charge >= 0.3 is 0 Å². The highest BCUT2D eigenvalue weighted by Crippen LogP contribution is 2.32. The van der Waals surface area contributed by atoms with Gasteiger partial charge in [-0.3, -0.25) is 9.59 Å². The highest BCUT2D eigenvalue weighted by molar-refractivity contribution is 5.94. The van der Waals surface area contributed by atoms with Crippen LogP contribution < -0.4 is 15.1 Å². The molecule has 0 unspecified atom stereocenters. The van der Waals surface area contributed by atoms with Crippen molar-refractivity contribution in [3.63, 3.8) is 0 Å². The van der Waals surface area contributed by atoms with Gasteiger partial charge in [0.25, 0.3) is 5.91 Å². The van der Waals surface area contributed by atoms with Crippen molar-refractivity contribution in [2.24, 2.45) is 0 Å². The van der Waals surface area contributed by atoms with Crippen LogP contribution in [0, 0.1) is 0 Å². The van der Waals surface area contributed by atoms with Crippen molar-refractivity contribution < 1.29 is 14.5 Å². The Morgan fingerprint density at radius 2 is 1.58 bits per heavy atom. The average molecular weight is 421 g/mol. The first-order valence-electron chi connectivity index (χ1n) is 11.7. The van der Waals surface area contributed by atoms with Crippen LogP contribution in [-0.4, -0.2) is 44.4 Å². The molecule has 5 heteroatoms. The van der Waals surface area contributed by atoms with E-state index in [2.05, 4.69) is 34.5 Å². The molecule has 0 spiro atoms. The minimum absolute atomic E-state index is 0.0830. The summed E-state index contributed by atoms with van der Waals surface area (Å²) >= 11 is 0. The van der Waals surface area contributed by atoms with Gasteiger partial charge in [-0.25, -0.2) is 0 Å². The average Bonchev–Trinajstić information content (AvgIpc) is 2.81. The van der Waals surface area contributed by atoms with Crippen LogP contribution in [0.15, 0.2) is 48.5 Å². The Balaban J connectivity index is 1.23. The molecule has 1 aliphatic heterocycles. The lowest BCUT2D eigenvalue weighted by Crippen LogP contribution is -3.15. The summed E-state index contributed by atoms with van der Waals surface area (Å²) in [6, 6.07) is 16.3. The SMILES string of the molecule is CC(=O)c1ccc(N2CC[NH+](CC(=O)Nc3ccc(C4CCCCC4)cc3)CC2)cc1. The van der Waals surface area contributed by atoms with Gasteiger partial charge in [-0.05, 0) is 67.6 Å². The first kappa shape index (κ1) is 21.6. The van der Waals surface area contributed by atoms with Gasteiger partial charge in [0.05, 0.1) is 26.2 Å². The van der Waals surface area contributed by atoms with E-state index < -0.39 is 0 Å². The van der Waals surface area contributed by atoms with E-state index in [1.165, 1.54) is 42.6 Å². The minimum Gasteiger partial charge on any atom is -0.360 e. The van der Waals surface area contributed by atoms with Crippen LogP contribution in [0.5, 0.6) is 0 Å². The number of benzene rings is 2. The summed E-state index contributed by atoms with van der Waals surface area (Å²) in [7, 11) is 0. The molecule has 2 N–H and O–H groups in total. The van der Waals surface area contributed by atoms with Crippen LogP contribution in [0.4, 0.5) is 11.4 Å². The molecule has 0 bridgehead atoms. The second kappa shape index (κ2) is 10.1. The molecule has 2 fully saturated rings. The van der Waals surface area contributed by atoms with Crippen molar-refractivity contribution in [1.82, 2.24) is 0 Å². The number of carbonyl (C=O) groups is 2. The Labute approximate surface area is 185 Å². The molecule has 0 aromatic heterocycles. The van der Waals surface area contributed by atoms with Gasteiger partial charge < -0.3 is 15.1 Å². The predicted octanol–water partition coefficient (Wildman–Crippen LogP) is 3.28. The Bertz CT molecular complexity index is 878. The number of piperazine rings is 1. The van der Waals surface area contributed by atoms with Crippen molar-refractivity contribution >= 4 is 23.1 Å². The van der Waals surface area contributed by atoms with E-state index in [9.17, 15) is 9.59 Å². The van der Waals surface area contributed by atoms with Gasteiger partial charge in [0.1, 0.15) is 0 Å². The normalized spacial score (nSPS) is 18.0. The van der Waals surface area contributed by atoms with Crippen molar-refractivity contribution in [3.05, 3.63) is 59.7 Å². The molecule has 5 nitrogen and oxygen atoms in total. The summed E-state index contributed by atoms with van der Waals surface area (Å²) < 4.78 is 0. The topological polar surface area (TPSA) is 53.9 Å². The lowest BCUT2D eigenvalue weighted by molar-refractivity contribution is -0.892. The number of quaternary nitrogens is 1. The highest BCUT2D eigenvalue weighted by atomic mass is 16.2. The number of anilines is 2. The molecule has 2 aromatic rings. The molecule has 1 heterocycles. The van der Waals surface area contributed by atoms with Gasteiger partial charge in [-0.2, -0.15) is 0 Å². The second-order valence-corrected chi connectivity index (χ2v) is 9.02.